The Morgan fingerprint density at radius 3 is 1.20 bits per heavy atom. The normalized spacial score (nSPS) is 13.0. The Morgan fingerprint density at radius 2 is 0.734 bits per heavy atom. The van der Waals surface area contributed by atoms with Crippen LogP contribution < -0.4 is 0 Å². The number of aromatic nitrogens is 3. The Bertz CT molecular complexity index is 3790. The quantitative estimate of drug-likeness (QED) is 0.137. The van der Waals surface area contributed by atoms with E-state index in [2.05, 4.69) is 252 Å². The standard InChI is InChI=1S/C60H44N4/c1-40(42-30-33-58-51(37-42)48-24-12-15-27-55(48)62(58)45-18-6-3-7-19-45)36-54(44-32-35-60-53(39-44)50-26-14-17-29-57(50)64(60)47-22-10-5-11-23-47)61-41(2)43-31-34-59-52(38-43)49-25-13-16-28-56(49)63(59)46-20-8-4-9-21-46/h3-40H,1-2H3/b54-36-,61-41?. The highest BCUT2D eigenvalue weighted by atomic mass is 15.0. The molecule has 1 unspecified atom stereocenters. The van der Waals surface area contributed by atoms with E-state index in [9.17, 15) is 0 Å². The van der Waals surface area contributed by atoms with Crippen LogP contribution in [0.3, 0.4) is 0 Å². The minimum Gasteiger partial charge on any atom is -0.309 e. The van der Waals surface area contributed by atoms with Gasteiger partial charge in [0.2, 0.25) is 0 Å². The Hall–Kier alpha value is -8.21. The number of fused-ring (bicyclic) bond motifs is 9. The van der Waals surface area contributed by atoms with E-state index in [1.54, 1.807) is 0 Å². The molecule has 12 aromatic rings. The number of hydrogen-bond acceptors (Lipinski definition) is 1. The van der Waals surface area contributed by atoms with Crippen molar-refractivity contribution in [1.82, 2.24) is 13.7 Å². The summed E-state index contributed by atoms with van der Waals surface area (Å²) >= 11 is 0. The fourth-order valence-electron chi connectivity index (χ4n) is 9.95. The lowest BCUT2D eigenvalue weighted by Gasteiger charge is -2.13. The molecule has 3 aromatic heterocycles. The van der Waals surface area contributed by atoms with E-state index in [4.69, 9.17) is 4.99 Å². The van der Waals surface area contributed by atoms with Gasteiger partial charge >= 0.3 is 0 Å². The van der Waals surface area contributed by atoms with E-state index in [0.717, 1.165) is 39.6 Å². The summed E-state index contributed by atoms with van der Waals surface area (Å²) in [7, 11) is 0. The van der Waals surface area contributed by atoms with Gasteiger partial charge in [0.25, 0.3) is 0 Å². The van der Waals surface area contributed by atoms with Crippen molar-refractivity contribution in [2.75, 3.05) is 0 Å². The van der Waals surface area contributed by atoms with E-state index >= 15 is 0 Å². The monoisotopic (exact) mass is 820 g/mol. The van der Waals surface area contributed by atoms with Crippen LogP contribution in [0, 0.1) is 0 Å². The Balaban J connectivity index is 1.03. The van der Waals surface area contributed by atoms with Gasteiger partial charge in [0, 0.05) is 66.6 Å². The summed E-state index contributed by atoms with van der Waals surface area (Å²) in [5.74, 6) is 0.0578. The number of nitrogens with zero attached hydrogens (tertiary/aromatic N) is 4. The third kappa shape index (κ3) is 6.18. The molecule has 0 spiro atoms. The van der Waals surface area contributed by atoms with Gasteiger partial charge in [0.1, 0.15) is 0 Å². The van der Waals surface area contributed by atoms with Crippen LogP contribution in [0.1, 0.15) is 36.5 Å². The molecule has 1 atom stereocenters. The Labute approximate surface area is 371 Å². The summed E-state index contributed by atoms with van der Waals surface area (Å²) < 4.78 is 7.11. The first-order valence-electron chi connectivity index (χ1n) is 22.1. The number of benzene rings is 9. The maximum atomic E-state index is 5.60. The van der Waals surface area contributed by atoms with Gasteiger partial charge in [-0.1, -0.05) is 140 Å². The van der Waals surface area contributed by atoms with E-state index < -0.39 is 0 Å². The Kier molecular flexibility index (Phi) is 8.98. The molecule has 64 heavy (non-hydrogen) atoms. The number of rotatable bonds is 8. The molecule has 0 N–H and O–H groups in total. The van der Waals surface area contributed by atoms with Gasteiger partial charge in [-0.3, -0.25) is 4.99 Å². The zero-order valence-corrected chi connectivity index (χ0v) is 35.7. The molecule has 0 bridgehead atoms. The SMILES string of the molecule is CC(=N/C(=C\C(C)c1ccc2c(c1)c1ccccc1n2-c1ccccc1)c1ccc2c(c1)c1ccccc1n2-c1ccccc1)c1ccc2c(c1)c1ccccc1n2-c1ccccc1. The second-order valence-corrected chi connectivity index (χ2v) is 16.8. The van der Waals surface area contributed by atoms with Crippen LogP contribution >= 0.6 is 0 Å². The second-order valence-electron chi connectivity index (χ2n) is 16.8. The second kappa shape index (κ2) is 15.3. The lowest BCUT2D eigenvalue weighted by Crippen LogP contribution is -1.99. The molecule has 0 amide bonds. The first-order valence-corrected chi connectivity index (χ1v) is 22.1. The van der Waals surface area contributed by atoms with Crippen molar-refractivity contribution >= 4 is 76.8 Å². The van der Waals surface area contributed by atoms with Gasteiger partial charge in [-0.05, 0) is 109 Å². The average molecular weight is 821 g/mol. The zero-order valence-electron chi connectivity index (χ0n) is 35.7. The predicted molar refractivity (Wildman–Crippen MR) is 271 cm³/mol. The molecule has 4 nitrogen and oxygen atoms in total. The molecule has 0 radical (unpaired) electrons. The number of aliphatic imine (C=N–C) groups is 1. The minimum atomic E-state index is 0.0578. The Morgan fingerprint density at radius 1 is 0.375 bits per heavy atom. The van der Waals surface area contributed by atoms with E-state index in [1.165, 1.54) is 71.0 Å². The molecule has 304 valence electrons. The molecule has 0 aliphatic carbocycles. The molecule has 0 saturated carbocycles. The van der Waals surface area contributed by atoms with Crippen molar-refractivity contribution in [2.45, 2.75) is 19.8 Å². The van der Waals surface area contributed by atoms with Crippen LogP contribution in [0.2, 0.25) is 0 Å². The fourth-order valence-corrected chi connectivity index (χ4v) is 9.95. The minimum absolute atomic E-state index is 0.0578. The number of hydrogen-bond donors (Lipinski definition) is 0. The lowest BCUT2D eigenvalue weighted by molar-refractivity contribution is 0.969. The molecule has 12 rings (SSSR count). The molecule has 3 heterocycles. The van der Waals surface area contributed by atoms with Crippen molar-refractivity contribution in [2.24, 2.45) is 4.99 Å². The smallest absolute Gasteiger partial charge is 0.0671 e. The van der Waals surface area contributed by atoms with E-state index in [1.807, 2.05) is 0 Å². The van der Waals surface area contributed by atoms with Crippen molar-refractivity contribution in [1.29, 1.82) is 0 Å². The van der Waals surface area contributed by atoms with Crippen LogP contribution in [0.4, 0.5) is 0 Å². The molecule has 4 heteroatoms. The topological polar surface area (TPSA) is 27.1 Å². The first kappa shape index (κ1) is 37.5. The van der Waals surface area contributed by atoms with Crippen LogP contribution in [0.25, 0.3) is 88.2 Å². The summed E-state index contributed by atoms with van der Waals surface area (Å²) in [6, 6.07) is 78.8. The van der Waals surface area contributed by atoms with Gasteiger partial charge in [-0.15, -0.1) is 0 Å². The van der Waals surface area contributed by atoms with Crippen LogP contribution in [0.15, 0.2) is 229 Å². The van der Waals surface area contributed by atoms with Gasteiger partial charge in [0.15, 0.2) is 0 Å². The van der Waals surface area contributed by atoms with Crippen molar-refractivity contribution in [3.63, 3.8) is 0 Å². The first-order chi connectivity index (χ1) is 31.6. The van der Waals surface area contributed by atoms with Crippen LogP contribution in [-0.4, -0.2) is 19.4 Å². The molecule has 0 aliphatic heterocycles. The third-order valence-corrected chi connectivity index (χ3v) is 13.0. The highest BCUT2D eigenvalue weighted by Crippen LogP contribution is 2.38. The van der Waals surface area contributed by atoms with Gasteiger partial charge in [0.05, 0.1) is 38.8 Å². The van der Waals surface area contributed by atoms with E-state index in [0.29, 0.717) is 0 Å². The predicted octanol–water partition coefficient (Wildman–Crippen LogP) is 15.6. The van der Waals surface area contributed by atoms with Gasteiger partial charge in [-0.25, -0.2) is 0 Å². The lowest BCUT2D eigenvalue weighted by atomic mass is 9.96. The summed E-state index contributed by atoms with van der Waals surface area (Å²) in [6.07, 6.45) is 2.36. The fraction of sp³-hybridized carbons (Fsp3) is 0.0500. The summed E-state index contributed by atoms with van der Waals surface area (Å²) in [6.45, 7) is 4.45. The molecule has 0 aliphatic rings. The maximum Gasteiger partial charge on any atom is 0.0671 e. The summed E-state index contributed by atoms with van der Waals surface area (Å²) in [5, 5.41) is 7.35. The number of allylic oxidation sites excluding steroid dienone is 1. The summed E-state index contributed by atoms with van der Waals surface area (Å²) in [4.78, 5) is 5.60. The third-order valence-electron chi connectivity index (χ3n) is 13.0. The molecular formula is C60H44N4. The summed E-state index contributed by atoms with van der Waals surface area (Å²) in [5.41, 5.74) is 15.9. The highest BCUT2D eigenvalue weighted by Gasteiger charge is 2.18. The van der Waals surface area contributed by atoms with Gasteiger partial charge < -0.3 is 13.7 Å². The molecule has 9 aromatic carbocycles. The van der Waals surface area contributed by atoms with Crippen LogP contribution in [0.5, 0.6) is 0 Å². The largest absolute Gasteiger partial charge is 0.309 e. The molecular weight excluding hydrogens is 777 g/mol. The maximum absolute atomic E-state index is 5.60. The molecule has 0 saturated heterocycles. The molecule has 0 fully saturated rings. The zero-order chi connectivity index (χ0) is 42.7. The van der Waals surface area contributed by atoms with E-state index in [-0.39, 0.29) is 5.92 Å². The number of para-hydroxylation sites is 6. The van der Waals surface area contributed by atoms with Crippen molar-refractivity contribution < 1.29 is 0 Å². The van der Waals surface area contributed by atoms with Gasteiger partial charge in [-0.2, -0.15) is 0 Å². The highest BCUT2D eigenvalue weighted by molar-refractivity contribution is 6.14. The van der Waals surface area contributed by atoms with Crippen LogP contribution in [-0.2, 0) is 0 Å². The van der Waals surface area contributed by atoms with Crippen molar-refractivity contribution in [3.8, 4) is 17.1 Å². The average Bonchev–Trinajstić information content (AvgIpc) is 3.99. The van der Waals surface area contributed by atoms with Crippen molar-refractivity contribution in [3.05, 3.63) is 241 Å².